The Labute approximate surface area is 124 Å². The Bertz CT molecular complexity index is 375. The van der Waals surface area contributed by atoms with Gasteiger partial charge in [-0.1, -0.05) is 0 Å². The van der Waals surface area contributed by atoms with Crippen molar-refractivity contribution in [3.8, 4) is 0 Å². The van der Waals surface area contributed by atoms with Crippen LogP contribution in [-0.2, 0) is 4.79 Å². The quantitative estimate of drug-likeness (QED) is 0.760. The lowest BCUT2D eigenvalue weighted by molar-refractivity contribution is -0.120. The van der Waals surface area contributed by atoms with E-state index in [9.17, 15) is 9.18 Å². The van der Waals surface area contributed by atoms with Gasteiger partial charge in [0.1, 0.15) is 5.82 Å². The molecule has 2 N–H and O–H groups in total. The maximum absolute atomic E-state index is 12.7. The molecule has 108 valence electrons. The number of hydrogen-bond acceptors (Lipinski definition) is 3. The number of nitrogens with one attached hydrogen (secondary N) is 2. The van der Waals surface area contributed by atoms with Gasteiger partial charge in [-0.15, -0.1) is 24.2 Å². The molecular formula is C13H20ClFN2OS. The minimum Gasteiger partial charge on any atom is -0.355 e. The molecule has 0 aliphatic heterocycles. The van der Waals surface area contributed by atoms with Crippen LogP contribution in [0.5, 0.6) is 0 Å². The predicted molar refractivity (Wildman–Crippen MR) is 80.5 cm³/mol. The first-order chi connectivity index (χ1) is 8.61. The molecule has 0 aliphatic rings. The first-order valence-corrected chi connectivity index (χ1v) is 6.92. The van der Waals surface area contributed by atoms with Gasteiger partial charge in [-0.05, 0) is 38.2 Å². The summed E-state index contributed by atoms with van der Waals surface area (Å²) >= 11 is 1.55. The zero-order valence-corrected chi connectivity index (χ0v) is 12.7. The molecule has 1 aromatic carbocycles. The Morgan fingerprint density at radius 2 is 2.00 bits per heavy atom. The van der Waals surface area contributed by atoms with Gasteiger partial charge in [0.05, 0.1) is 0 Å². The van der Waals surface area contributed by atoms with E-state index < -0.39 is 0 Å². The van der Waals surface area contributed by atoms with Crippen molar-refractivity contribution in [1.29, 1.82) is 0 Å². The first kappa shape index (κ1) is 18.2. The van der Waals surface area contributed by atoms with Gasteiger partial charge in [0, 0.05) is 29.7 Å². The van der Waals surface area contributed by atoms with Gasteiger partial charge in [-0.3, -0.25) is 4.79 Å². The minimum atomic E-state index is -0.238. The molecule has 19 heavy (non-hydrogen) atoms. The molecule has 0 fully saturated rings. The van der Waals surface area contributed by atoms with Crippen LogP contribution in [0.3, 0.4) is 0 Å². The average molecular weight is 307 g/mol. The van der Waals surface area contributed by atoms with Gasteiger partial charge in [-0.2, -0.15) is 0 Å². The van der Waals surface area contributed by atoms with Crippen LogP contribution >= 0.6 is 24.2 Å². The van der Waals surface area contributed by atoms with Crippen LogP contribution in [0, 0.1) is 5.82 Å². The summed E-state index contributed by atoms with van der Waals surface area (Å²) in [6, 6.07) is 6.58. The van der Waals surface area contributed by atoms with Gasteiger partial charge in [0.15, 0.2) is 0 Å². The SMILES string of the molecule is CNC(C)CNC(=O)CCSc1ccc(F)cc1.Cl. The fourth-order valence-corrected chi connectivity index (χ4v) is 2.10. The molecule has 0 spiro atoms. The van der Waals surface area contributed by atoms with E-state index >= 15 is 0 Å². The summed E-state index contributed by atoms with van der Waals surface area (Å²) < 4.78 is 12.7. The third kappa shape index (κ3) is 8.08. The van der Waals surface area contributed by atoms with E-state index in [0.29, 0.717) is 18.7 Å². The number of hydrogen-bond donors (Lipinski definition) is 2. The lowest BCUT2D eigenvalue weighted by Crippen LogP contribution is -2.37. The Morgan fingerprint density at radius 3 is 2.58 bits per heavy atom. The predicted octanol–water partition coefficient (Wildman–Crippen LogP) is 2.45. The fourth-order valence-electron chi connectivity index (χ4n) is 1.25. The lowest BCUT2D eigenvalue weighted by atomic mass is 10.3. The zero-order valence-electron chi connectivity index (χ0n) is 11.1. The summed E-state index contributed by atoms with van der Waals surface area (Å²) in [4.78, 5) is 12.5. The number of carbonyl (C=O) groups is 1. The highest BCUT2D eigenvalue weighted by atomic mass is 35.5. The molecule has 0 bridgehead atoms. The van der Waals surface area contributed by atoms with Crippen molar-refractivity contribution < 1.29 is 9.18 Å². The third-order valence-electron chi connectivity index (χ3n) is 2.51. The molecule has 0 heterocycles. The molecule has 0 aliphatic carbocycles. The Morgan fingerprint density at radius 1 is 1.37 bits per heavy atom. The Balaban J connectivity index is 0.00000324. The monoisotopic (exact) mass is 306 g/mol. The van der Waals surface area contributed by atoms with E-state index in [4.69, 9.17) is 0 Å². The van der Waals surface area contributed by atoms with E-state index in [1.165, 1.54) is 12.1 Å². The van der Waals surface area contributed by atoms with E-state index in [-0.39, 0.29) is 30.2 Å². The van der Waals surface area contributed by atoms with Crippen molar-refractivity contribution in [2.75, 3.05) is 19.3 Å². The van der Waals surface area contributed by atoms with Crippen LogP contribution in [0.25, 0.3) is 0 Å². The molecule has 1 aromatic rings. The summed E-state index contributed by atoms with van der Waals surface area (Å²) in [6.07, 6.45) is 0.471. The van der Waals surface area contributed by atoms with Crippen molar-refractivity contribution in [1.82, 2.24) is 10.6 Å². The molecule has 1 amide bonds. The Hall–Kier alpha value is -0.780. The maximum Gasteiger partial charge on any atom is 0.220 e. The van der Waals surface area contributed by atoms with Crippen LogP contribution in [0.2, 0.25) is 0 Å². The molecule has 0 saturated heterocycles. The van der Waals surface area contributed by atoms with E-state index in [0.717, 1.165) is 4.90 Å². The van der Waals surface area contributed by atoms with Gasteiger partial charge in [0.25, 0.3) is 0 Å². The fraction of sp³-hybridized carbons (Fsp3) is 0.462. The number of amides is 1. The van der Waals surface area contributed by atoms with Crippen LogP contribution in [0.1, 0.15) is 13.3 Å². The second-order valence-electron chi connectivity index (χ2n) is 4.05. The van der Waals surface area contributed by atoms with Crippen LogP contribution < -0.4 is 10.6 Å². The maximum atomic E-state index is 12.7. The van der Waals surface area contributed by atoms with Crippen LogP contribution in [0.4, 0.5) is 4.39 Å². The average Bonchev–Trinajstić information content (AvgIpc) is 2.38. The molecule has 1 rings (SSSR count). The highest BCUT2D eigenvalue weighted by Gasteiger charge is 2.04. The number of likely N-dealkylation sites (N-methyl/N-ethyl adjacent to an activating group) is 1. The second-order valence-corrected chi connectivity index (χ2v) is 5.21. The minimum absolute atomic E-state index is 0. The third-order valence-corrected chi connectivity index (χ3v) is 3.52. The highest BCUT2D eigenvalue weighted by molar-refractivity contribution is 7.99. The van der Waals surface area contributed by atoms with Crippen molar-refractivity contribution in [2.45, 2.75) is 24.3 Å². The summed E-state index contributed by atoms with van der Waals surface area (Å²) in [7, 11) is 1.86. The summed E-state index contributed by atoms with van der Waals surface area (Å²) in [5.41, 5.74) is 0. The second kappa shape index (κ2) is 10.1. The van der Waals surface area contributed by atoms with Gasteiger partial charge in [-0.25, -0.2) is 4.39 Å². The van der Waals surface area contributed by atoms with E-state index in [2.05, 4.69) is 10.6 Å². The molecule has 0 saturated carbocycles. The van der Waals surface area contributed by atoms with Crippen molar-refractivity contribution in [3.63, 3.8) is 0 Å². The van der Waals surface area contributed by atoms with Crippen molar-refractivity contribution in [3.05, 3.63) is 30.1 Å². The first-order valence-electron chi connectivity index (χ1n) is 5.94. The molecular weight excluding hydrogens is 287 g/mol. The van der Waals surface area contributed by atoms with Crippen molar-refractivity contribution in [2.24, 2.45) is 0 Å². The van der Waals surface area contributed by atoms with Crippen LogP contribution in [-0.4, -0.2) is 31.3 Å². The number of thioether (sulfide) groups is 1. The van der Waals surface area contributed by atoms with Gasteiger partial charge in [0.2, 0.25) is 5.91 Å². The smallest absolute Gasteiger partial charge is 0.220 e. The molecule has 1 atom stereocenters. The molecule has 3 nitrogen and oxygen atoms in total. The lowest BCUT2D eigenvalue weighted by Gasteiger charge is -2.11. The largest absolute Gasteiger partial charge is 0.355 e. The number of halogens is 2. The summed E-state index contributed by atoms with van der Waals surface area (Å²) in [5, 5.41) is 5.91. The number of rotatable bonds is 7. The topological polar surface area (TPSA) is 41.1 Å². The summed E-state index contributed by atoms with van der Waals surface area (Å²) in [6.45, 7) is 2.64. The Kier molecular flexibility index (Phi) is 9.65. The standard InChI is InChI=1S/C13H19FN2OS.ClH/c1-10(15-2)9-16-13(17)7-8-18-12-5-3-11(14)4-6-12;/h3-6,10,15H,7-9H2,1-2H3,(H,16,17);1H. The van der Waals surface area contributed by atoms with Crippen LogP contribution in [0.15, 0.2) is 29.2 Å². The molecule has 0 radical (unpaired) electrons. The van der Waals surface area contributed by atoms with Gasteiger partial charge >= 0.3 is 0 Å². The highest BCUT2D eigenvalue weighted by Crippen LogP contribution is 2.18. The number of carbonyl (C=O) groups excluding carboxylic acids is 1. The zero-order chi connectivity index (χ0) is 13.4. The summed E-state index contributed by atoms with van der Waals surface area (Å²) in [5.74, 6) is 0.510. The van der Waals surface area contributed by atoms with E-state index in [1.54, 1.807) is 23.9 Å². The molecule has 0 aromatic heterocycles. The molecule has 6 heteroatoms. The number of benzene rings is 1. The normalized spacial score (nSPS) is 11.5. The van der Waals surface area contributed by atoms with Gasteiger partial charge < -0.3 is 10.6 Å². The molecule has 1 unspecified atom stereocenters. The van der Waals surface area contributed by atoms with Crippen molar-refractivity contribution >= 4 is 30.1 Å². The van der Waals surface area contributed by atoms with E-state index in [1.807, 2.05) is 14.0 Å².